The first-order valence-corrected chi connectivity index (χ1v) is 16.0. The molecule has 1 atom stereocenters. The number of carbonyl (C=O) groups excluding carboxylic acids is 1. The molecule has 46 heavy (non-hydrogen) atoms. The zero-order valence-corrected chi connectivity index (χ0v) is 25.2. The van der Waals surface area contributed by atoms with Gasteiger partial charge in [0.05, 0.1) is 35.7 Å². The number of sulfonamides is 1. The van der Waals surface area contributed by atoms with Crippen LogP contribution in [0.4, 0.5) is 27.6 Å². The first-order chi connectivity index (χ1) is 21.9. The van der Waals surface area contributed by atoms with E-state index in [-0.39, 0.29) is 24.6 Å². The number of hydrogen-bond acceptors (Lipinski definition) is 7. The molecule has 0 radical (unpaired) electrons. The van der Waals surface area contributed by atoms with Crippen LogP contribution in [-0.4, -0.2) is 51.0 Å². The summed E-state index contributed by atoms with van der Waals surface area (Å²) in [4.78, 5) is 34.8. The van der Waals surface area contributed by atoms with Crippen molar-refractivity contribution in [2.24, 2.45) is 7.05 Å². The Labute approximate surface area is 259 Å². The summed E-state index contributed by atoms with van der Waals surface area (Å²) in [5, 5.41) is 4.67. The van der Waals surface area contributed by atoms with E-state index >= 15 is 0 Å². The Kier molecular flexibility index (Phi) is 8.35. The summed E-state index contributed by atoms with van der Waals surface area (Å²) in [6.45, 7) is -0.632. The van der Waals surface area contributed by atoms with Crippen LogP contribution >= 0.6 is 0 Å². The maximum absolute atomic E-state index is 14.6. The van der Waals surface area contributed by atoms with E-state index in [2.05, 4.69) is 15.1 Å². The van der Waals surface area contributed by atoms with E-state index < -0.39 is 68.1 Å². The molecule has 2 aliphatic rings. The summed E-state index contributed by atoms with van der Waals surface area (Å²) in [6.07, 6.45) is 9.74. The summed E-state index contributed by atoms with van der Waals surface area (Å²) < 4.78 is 98.7. The van der Waals surface area contributed by atoms with Crippen molar-refractivity contribution in [2.75, 3.05) is 11.4 Å². The molecule has 242 valence electrons. The van der Waals surface area contributed by atoms with Gasteiger partial charge in [-0.15, -0.1) is 0 Å². The number of fused-ring (bicyclic) bond motifs is 1. The van der Waals surface area contributed by atoms with Crippen molar-refractivity contribution in [3.8, 4) is 0 Å². The number of aromatic nitrogens is 4. The topological polar surface area (TPSA) is 118 Å². The van der Waals surface area contributed by atoms with E-state index in [1.165, 1.54) is 42.5 Å². The Balaban J connectivity index is 1.36. The van der Waals surface area contributed by atoms with Gasteiger partial charge in [-0.3, -0.25) is 19.6 Å². The molecule has 1 saturated carbocycles. The third kappa shape index (κ3) is 5.42. The molecule has 16 heteroatoms. The van der Waals surface area contributed by atoms with E-state index in [4.69, 9.17) is 0 Å². The normalized spacial score (nSPS) is 17.7. The van der Waals surface area contributed by atoms with E-state index in [9.17, 15) is 40.0 Å². The highest BCUT2D eigenvalue weighted by Crippen LogP contribution is 2.35. The third-order valence-electron chi connectivity index (χ3n) is 8.57. The zero-order valence-electron chi connectivity index (χ0n) is 24.4. The molecule has 2 fully saturated rings. The number of anilines is 1. The molecular weight excluding hydrogens is 635 g/mol. The molecular formula is C30H27F5N6O4S. The van der Waals surface area contributed by atoms with Crippen LogP contribution in [0.5, 0.6) is 0 Å². The van der Waals surface area contributed by atoms with Crippen molar-refractivity contribution >= 4 is 32.4 Å². The SMILES string of the molecule is Cn1ncc2cc(N(Cc3cnc(C4CCCCC4)cn3)C(=O)[C@H]3CCN3S(=O)(=O)c3c(F)c(F)c(F)c(F)c3F)ccc2c1=O. The van der Waals surface area contributed by atoms with Gasteiger partial charge in [0.2, 0.25) is 21.7 Å². The minimum absolute atomic E-state index is 0.105. The molecule has 0 bridgehead atoms. The van der Waals surface area contributed by atoms with Crippen LogP contribution in [-0.2, 0) is 28.4 Å². The molecule has 1 aliphatic carbocycles. The summed E-state index contributed by atoms with van der Waals surface area (Å²) in [5.41, 5.74) is 0.966. The van der Waals surface area contributed by atoms with E-state index in [1.807, 2.05) is 0 Å². The maximum Gasteiger partial charge on any atom is 0.274 e. The summed E-state index contributed by atoms with van der Waals surface area (Å²) in [5.74, 6) is -13.0. The second kappa shape index (κ2) is 12.1. The molecule has 1 aliphatic heterocycles. The molecule has 1 amide bonds. The average molecular weight is 663 g/mol. The number of rotatable bonds is 7. The second-order valence-electron chi connectivity index (χ2n) is 11.4. The predicted molar refractivity (Wildman–Crippen MR) is 155 cm³/mol. The average Bonchev–Trinajstić information content (AvgIpc) is 3.03. The monoisotopic (exact) mass is 662 g/mol. The van der Waals surface area contributed by atoms with Gasteiger partial charge in [-0.05, 0) is 37.5 Å². The summed E-state index contributed by atoms with van der Waals surface area (Å²) >= 11 is 0. The fourth-order valence-electron chi connectivity index (χ4n) is 5.92. The van der Waals surface area contributed by atoms with Gasteiger partial charge in [0.15, 0.2) is 28.2 Å². The largest absolute Gasteiger partial charge is 0.305 e. The lowest BCUT2D eigenvalue weighted by Crippen LogP contribution is -2.59. The number of aryl methyl sites for hydroxylation is 1. The predicted octanol–water partition coefficient (Wildman–Crippen LogP) is 4.46. The lowest BCUT2D eigenvalue weighted by molar-refractivity contribution is -0.125. The number of benzene rings is 2. The summed E-state index contributed by atoms with van der Waals surface area (Å²) in [6, 6.07) is 2.88. The molecule has 1 saturated heterocycles. The number of halogens is 5. The molecule has 0 spiro atoms. The molecule has 4 aromatic rings. The van der Waals surface area contributed by atoms with Crippen molar-refractivity contribution in [2.45, 2.75) is 61.9 Å². The first kappa shape index (κ1) is 31.7. The highest BCUT2D eigenvalue weighted by atomic mass is 32.2. The summed E-state index contributed by atoms with van der Waals surface area (Å²) in [7, 11) is -3.89. The third-order valence-corrected chi connectivity index (χ3v) is 10.5. The molecule has 3 heterocycles. The minimum Gasteiger partial charge on any atom is -0.305 e. The van der Waals surface area contributed by atoms with Crippen LogP contribution in [0.1, 0.15) is 55.8 Å². The van der Waals surface area contributed by atoms with E-state index in [0.717, 1.165) is 42.5 Å². The number of amides is 1. The fourth-order valence-corrected chi connectivity index (χ4v) is 7.66. The van der Waals surface area contributed by atoms with Gasteiger partial charge in [-0.1, -0.05) is 19.3 Å². The second-order valence-corrected chi connectivity index (χ2v) is 13.2. The van der Waals surface area contributed by atoms with Crippen molar-refractivity contribution in [1.82, 2.24) is 24.1 Å². The van der Waals surface area contributed by atoms with Crippen LogP contribution in [0.2, 0.25) is 0 Å². The lowest BCUT2D eigenvalue weighted by Gasteiger charge is -2.41. The molecule has 6 rings (SSSR count). The highest BCUT2D eigenvalue weighted by Gasteiger charge is 2.48. The fraction of sp³-hybridized carbons (Fsp3) is 0.367. The Morgan fingerprint density at radius 2 is 1.59 bits per heavy atom. The highest BCUT2D eigenvalue weighted by molar-refractivity contribution is 7.89. The minimum atomic E-state index is -5.36. The number of carbonyl (C=O) groups is 1. The van der Waals surface area contributed by atoms with Gasteiger partial charge in [-0.2, -0.15) is 9.40 Å². The number of nitrogens with zero attached hydrogens (tertiary/aromatic N) is 6. The lowest BCUT2D eigenvalue weighted by atomic mass is 9.87. The molecule has 0 unspecified atom stereocenters. The Morgan fingerprint density at radius 3 is 2.20 bits per heavy atom. The van der Waals surface area contributed by atoms with Gasteiger partial charge in [0, 0.05) is 36.8 Å². The van der Waals surface area contributed by atoms with E-state index in [1.54, 1.807) is 6.20 Å². The van der Waals surface area contributed by atoms with Gasteiger partial charge < -0.3 is 4.90 Å². The van der Waals surface area contributed by atoms with Gasteiger partial charge in [0.1, 0.15) is 6.04 Å². The Morgan fingerprint density at radius 1 is 0.913 bits per heavy atom. The zero-order chi connectivity index (χ0) is 32.9. The van der Waals surface area contributed by atoms with Crippen molar-refractivity contribution in [3.05, 3.63) is 87.6 Å². The Hall–Kier alpha value is -4.31. The van der Waals surface area contributed by atoms with Gasteiger partial charge in [-0.25, -0.2) is 35.1 Å². The Bertz CT molecular complexity index is 1990. The van der Waals surface area contributed by atoms with Crippen molar-refractivity contribution < 1.29 is 35.2 Å². The quantitative estimate of drug-likeness (QED) is 0.163. The van der Waals surface area contributed by atoms with Crippen LogP contribution in [0.3, 0.4) is 0 Å². The van der Waals surface area contributed by atoms with Crippen molar-refractivity contribution in [3.63, 3.8) is 0 Å². The molecule has 2 aromatic heterocycles. The van der Waals surface area contributed by atoms with Crippen molar-refractivity contribution in [1.29, 1.82) is 0 Å². The molecule has 2 aromatic carbocycles. The van der Waals surface area contributed by atoms with E-state index in [0.29, 0.717) is 20.8 Å². The molecule has 10 nitrogen and oxygen atoms in total. The molecule has 0 N–H and O–H groups in total. The smallest absolute Gasteiger partial charge is 0.274 e. The van der Waals surface area contributed by atoms with Crippen LogP contribution in [0.25, 0.3) is 10.8 Å². The van der Waals surface area contributed by atoms with Gasteiger partial charge in [0.25, 0.3) is 5.56 Å². The standard InChI is InChI=1S/C30H27F5N6O4S/c1-39-29(42)20-8-7-19(11-17(20)12-38-39)40(15-18-13-37-21(14-36-18)16-5-3-2-4-6-16)30(43)22-9-10-41(22)46(44,45)28-26(34)24(32)23(31)25(33)27(28)35/h7-8,11-14,16,22H,2-6,9-10,15H2,1H3/t22-/m1/s1. The first-order valence-electron chi connectivity index (χ1n) is 14.5. The van der Waals surface area contributed by atoms with Crippen LogP contribution < -0.4 is 10.5 Å². The maximum atomic E-state index is 14.6. The van der Waals surface area contributed by atoms with Gasteiger partial charge >= 0.3 is 0 Å². The van der Waals surface area contributed by atoms with Crippen LogP contribution in [0, 0.1) is 29.1 Å². The van der Waals surface area contributed by atoms with Crippen LogP contribution in [0.15, 0.2) is 46.5 Å². The number of hydrogen-bond donors (Lipinski definition) is 0.